The predicted molar refractivity (Wildman–Crippen MR) is 96.5 cm³/mol. The summed E-state index contributed by atoms with van der Waals surface area (Å²) in [5, 5.41) is 21.4. The van der Waals surface area contributed by atoms with Gasteiger partial charge in [0.1, 0.15) is 5.75 Å². The molecule has 0 radical (unpaired) electrons. The van der Waals surface area contributed by atoms with Crippen LogP contribution in [0.3, 0.4) is 0 Å². The third-order valence-corrected chi connectivity index (χ3v) is 4.24. The third kappa shape index (κ3) is 3.60. The molecule has 3 aromatic rings. The molecule has 0 aliphatic rings. The Labute approximate surface area is 150 Å². The lowest BCUT2D eigenvalue weighted by molar-refractivity contribution is 0.414. The molecule has 0 amide bonds. The normalized spacial score (nSPS) is 10.9. The highest BCUT2D eigenvalue weighted by molar-refractivity contribution is 5.38. The molecule has 0 spiro atoms. The van der Waals surface area contributed by atoms with Crippen LogP contribution in [-0.2, 0) is 20.1 Å². The highest BCUT2D eigenvalue weighted by Crippen LogP contribution is 2.16. The Balaban J connectivity index is 1.69. The Morgan fingerprint density at radius 1 is 1.27 bits per heavy atom. The van der Waals surface area contributed by atoms with Gasteiger partial charge in [-0.05, 0) is 19.1 Å². The minimum Gasteiger partial charge on any atom is -0.503 e. The van der Waals surface area contributed by atoms with Crippen molar-refractivity contribution in [1.29, 1.82) is 0 Å². The maximum absolute atomic E-state index is 11.7. The lowest BCUT2D eigenvalue weighted by Gasteiger charge is -2.13. The van der Waals surface area contributed by atoms with Crippen molar-refractivity contribution in [1.82, 2.24) is 24.9 Å². The van der Waals surface area contributed by atoms with Crippen LogP contribution in [0.4, 0.5) is 0 Å². The molecule has 136 valence electrons. The van der Waals surface area contributed by atoms with Crippen molar-refractivity contribution in [2.75, 3.05) is 7.11 Å². The van der Waals surface area contributed by atoms with Gasteiger partial charge in [-0.15, -0.1) is 5.10 Å². The number of ether oxygens (including phenoxy) is 1. The second-order valence-corrected chi connectivity index (χ2v) is 5.96. The van der Waals surface area contributed by atoms with Crippen LogP contribution >= 0.6 is 0 Å². The summed E-state index contributed by atoms with van der Waals surface area (Å²) in [4.78, 5) is 11.7. The zero-order chi connectivity index (χ0) is 18.7. The highest BCUT2D eigenvalue weighted by atomic mass is 16.5. The molecule has 3 rings (SSSR count). The second-order valence-electron chi connectivity index (χ2n) is 5.96. The van der Waals surface area contributed by atoms with E-state index >= 15 is 0 Å². The molecular formula is C18H21N5O3. The quantitative estimate of drug-likeness (QED) is 0.692. The SMILES string of the molecule is COc1cccc(-n2cc(CNCc3c(O)c(=O)cc(C)n3C)nn2)c1. The fourth-order valence-corrected chi connectivity index (χ4v) is 2.64. The summed E-state index contributed by atoms with van der Waals surface area (Å²) in [6, 6.07) is 8.94. The summed E-state index contributed by atoms with van der Waals surface area (Å²) in [5.41, 5.74) is 2.54. The molecule has 1 aromatic carbocycles. The number of rotatable bonds is 6. The van der Waals surface area contributed by atoms with Crippen molar-refractivity contribution in [3.05, 3.63) is 63.8 Å². The van der Waals surface area contributed by atoms with Crippen LogP contribution in [0.1, 0.15) is 17.1 Å². The number of hydrogen-bond donors (Lipinski definition) is 2. The zero-order valence-electron chi connectivity index (χ0n) is 14.9. The molecule has 8 heteroatoms. The standard InChI is InChI=1S/C18H21N5O3/c1-12-7-17(24)18(25)16(22(12)2)10-19-9-13-11-23(21-20-13)14-5-4-6-15(8-14)26-3/h4-8,11,19,25H,9-10H2,1-3H3. The largest absolute Gasteiger partial charge is 0.503 e. The van der Waals surface area contributed by atoms with Gasteiger partial charge in [0.25, 0.3) is 0 Å². The molecule has 2 heterocycles. The van der Waals surface area contributed by atoms with Gasteiger partial charge in [0.2, 0.25) is 5.43 Å². The smallest absolute Gasteiger partial charge is 0.223 e. The first-order valence-electron chi connectivity index (χ1n) is 8.14. The maximum atomic E-state index is 11.7. The lowest BCUT2D eigenvalue weighted by atomic mass is 10.2. The minimum atomic E-state index is -0.374. The third-order valence-electron chi connectivity index (χ3n) is 4.24. The van der Waals surface area contributed by atoms with Crippen molar-refractivity contribution in [3.63, 3.8) is 0 Å². The van der Waals surface area contributed by atoms with E-state index in [4.69, 9.17) is 4.74 Å². The summed E-state index contributed by atoms with van der Waals surface area (Å²) < 4.78 is 8.67. The van der Waals surface area contributed by atoms with E-state index in [0.717, 1.165) is 22.8 Å². The van der Waals surface area contributed by atoms with E-state index in [2.05, 4.69) is 15.6 Å². The molecule has 2 aromatic heterocycles. The molecule has 8 nitrogen and oxygen atoms in total. The van der Waals surface area contributed by atoms with E-state index in [0.29, 0.717) is 18.8 Å². The minimum absolute atomic E-state index is 0.231. The number of nitrogens with zero attached hydrogens (tertiary/aromatic N) is 4. The summed E-state index contributed by atoms with van der Waals surface area (Å²) >= 11 is 0. The Morgan fingerprint density at radius 2 is 2.08 bits per heavy atom. The van der Waals surface area contributed by atoms with Gasteiger partial charge in [0.15, 0.2) is 5.75 Å². The number of nitrogens with one attached hydrogen (secondary N) is 1. The summed E-state index contributed by atoms with van der Waals surface area (Å²) in [7, 11) is 3.43. The molecule has 0 saturated carbocycles. The van der Waals surface area contributed by atoms with Crippen LogP contribution in [0, 0.1) is 6.92 Å². The van der Waals surface area contributed by atoms with Gasteiger partial charge < -0.3 is 19.7 Å². The van der Waals surface area contributed by atoms with Gasteiger partial charge in [-0.1, -0.05) is 11.3 Å². The number of methoxy groups -OCH3 is 1. The molecule has 26 heavy (non-hydrogen) atoms. The molecule has 0 aliphatic heterocycles. The van der Waals surface area contributed by atoms with Crippen LogP contribution in [-0.4, -0.2) is 31.8 Å². The van der Waals surface area contributed by atoms with Gasteiger partial charge in [-0.3, -0.25) is 4.79 Å². The van der Waals surface area contributed by atoms with E-state index in [1.54, 1.807) is 16.4 Å². The van der Waals surface area contributed by atoms with Crippen molar-refractivity contribution in [2.24, 2.45) is 7.05 Å². The lowest BCUT2D eigenvalue weighted by Crippen LogP contribution is -2.20. The Hall–Kier alpha value is -3.13. The molecular weight excluding hydrogens is 334 g/mol. The highest BCUT2D eigenvalue weighted by Gasteiger charge is 2.11. The van der Waals surface area contributed by atoms with Crippen LogP contribution in [0.2, 0.25) is 0 Å². The first kappa shape index (κ1) is 17.7. The van der Waals surface area contributed by atoms with Gasteiger partial charge in [0.05, 0.1) is 30.4 Å². The Bertz CT molecular complexity index is 977. The summed E-state index contributed by atoms with van der Waals surface area (Å²) in [5.74, 6) is 0.513. The number of aromatic hydroxyl groups is 1. The number of hydrogen-bond acceptors (Lipinski definition) is 6. The molecule has 0 saturated heterocycles. The fraction of sp³-hybridized carbons (Fsp3) is 0.278. The fourth-order valence-electron chi connectivity index (χ4n) is 2.64. The van der Waals surface area contributed by atoms with Crippen LogP contribution < -0.4 is 15.5 Å². The van der Waals surface area contributed by atoms with Crippen molar-refractivity contribution in [3.8, 4) is 17.2 Å². The van der Waals surface area contributed by atoms with Gasteiger partial charge in [-0.2, -0.15) is 0 Å². The van der Waals surface area contributed by atoms with Crippen molar-refractivity contribution in [2.45, 2.75) is 20.0 Å². The Kier molecular flexibility index (Phi) is 5.04. The molecule has 0 bridgehead atoms. The van der Waals surface area contributed by atoms with Crippen LogP contribution in [0.5, 0.6) is 11.5 Å². The summed E-state index contributed by atoms with van der Waals surface area (Å²) in [6.45, 7) is 2.61. The van der Waals surface area contributed by atoms with E-state index in [1.165, 1.54) is 6.07 Å². The number of aryl methyl sites for hydroxylation is 1. The van der Waals surface area contributed by atoms with Crippen molar-refractivity contribution >= 4 is 0 Å². The van der Waals surface area contributed by atoms with Gasteiger partial charge >= 0.3 is 0 Å². The second kappa shape index (κ2) is 7.40. The van der Waals surface area contributed by atoms with Crippen molar-refractivity contribution < 1.29 is 9.84 Å². The molecule has 0 atom stereocenters. The summed E-state index contributed by atoms with van der Waals surface area (Å²) in [6.07, 6.45) is 1.82. The van der Waals surface area contributed by atoms with Gasteiger partial charge in [-0.25, -0.2) is 4.68 Å². The molecule has 2 N–H and O–H groups in total. The topological polar surface area (TPSA) is 94.2 Å². The monoisotopic (exact) mass is 355 g/mol. The van der Waals surface area contributed by atoms with Gasteiger partial charge in [0, 0.05) is 38.0 Å². The first-order chi connectivity index (χ1) is 12.5. The van der Waals surface area contributed by atoms with Crippen LogP contribution in [0.25, 0.3) is 5.69 Å². The Morgan fingerprint density at radius 3 is 2.85 bits per heavy atom. The first-order valence-corrected chi connectivity index (χ1v) is 8.14. The average Bonchev–Trinajstić information content (AvgIpc) is 3.12. The maximum Gasteiger partial charge on any atom is 0.223 e. The number of aromatic nitrogens is 4. The average molecular weight is 355 g/mol. The van der Waals surface area contributed by atoms with E-state index in [9.17, 15) is 9.90 Å². The number of pyridine rings is 1. The molecule has 0 fully saturated rings. The number of benzene rings is 1. The van der Waals surface area contributed by atoms with E-state index in [-0.39, 0.29) is 11.2 Å². The van der Waals surface area contributed by atoms with E-state index < -0.39 is 0 Å². The predicted octanol–water partition coefficient (Wildman–Crippen LogP) is 1.28. The van der Waals surface area contributed by atoms with Crippen LogP contribution in [0.15, 0.2) is 41.3 Å². The molecule has 0 aliphatic carbocycles. The molecule has 0 unspecified atom stereocenters. The van der Waals surface area contributed by atoms with E-state index in [1.807, 2.05) is 44.4 Å². The zero-order valence-corrected chi connectivity index (χ0v) is 14.9.